The third-order valence-corrected chi connectivity index (χ3v) is 9.61. The Morgan fingerprint density at radius 3 is 2.42 bits per heavy atom. The van der Waals surface area contributed by atoms with E-state index in [9.17, 15) is 23.6 Å². The lowest BCUT2D eigenvalue weighted by Gasteiger charge is -2.30. The van der Waals surface area contributed by atoms with Crippen molar-refractivity contribution in [2.75, 3.05) is 23.8 Å². The van der Waals surface area contributed by atoms with Crippen LogP contribution in [0.1, 0.15) is 69.7 Å². The first-order chi connectivity index (χ1) is 22.9. The number of benzene rings is 3. The Kier molecular flexibility index (Phi) is 10.9. The van der Waals surface area contributed by atoms with Gasteiger partial charge in [0.1, 0.15) is 21.7 Å². The zero-order valence-corrected chi connectivity index (χ0v) is 28.6. The summed E-state index contributed by atoms with van der Waals surface area (Å²) < 4.78 is 25.1. The second kappa shape index (κ2) is 15.0. The second-order valence-electron chi connectivity index (χ2n) is 11.9. The normalized spacial score (nSPS) is 13.2. The number of halogens is 1. The fourth-order valence-electron chi connectivity index (χ4n) is 5.10. The molecule has 0 spiro atoms. The van der Waals surface area contributed by atoms with E-state index < -0.39 is 34.6 Å². The number of esters is 1. The number of ether oxygens (including phenoxy) is 2. The maximum Gasteiger partial charge on any atom is 0.410 e. The van der Waals surface area contributed by atoms with Crippen LogP contribution in [0.25, 0.3) is 0 Å². The SMILES string of the molecule is CCOC(=O)c1c(NC(=O)C(Sc2cccc(NC(=O)c3ccccc3F)c2)c2ccccc2)sc2c1CCN(C(=O)OC(C)(C)C)C2. The molecule has 1 aliphatic heterocycles. The molecule has 2 N–H and O–H groups in total. The van der Waals surface area contributed by atoms with E-state index in [1.807, 2.05) is 36.4 Å². The van der Waals surface area contributed by atoms with E-state index >= 15 is 0 Å². The van der Waals surface area contributed by atoms with Crippen LogP contribution in [0.15, 0.2) is 83.8 Å². The van der Waals surface area contributed by atoms with Crippen LogP contribution < -0.4 is 10.6 Å². The van der Waals surface area contributed by atoms with Crippen molar-refractivity contribution in [3.63, 3.8) is 0 Å². The number of nitrogens with one attached hydrogen (secondary N) is 2. The minimum Gasteiger partial charge on any atom is -0.462 e. The molecule has 1 aliphatic rings. The highest BCUT2D eigenvalue weighted by molar-refractivity contribution is 8.00. The number of carbonyl (C=O) groups is 4. The van der Waals surface area contributed by atoms with E-state index in [2.05, 4.69) is 10.6 Å². The summed E-state index contributed by atoms with van der Waals surface area (Å²) in [6.07, 6.45) is -0.0464. The number of thiophene rings is 1. The van der Waals surface area contributed by atoms with Gasteiger partial charge in [-0.25, -0.2) is 14.0 Å². The Labute approximate surface area is 286 Å². The first-order valence-electron chi connectivity index (χ1n) is 15.4. The number of thioether (sulfide) groups is 1. The molecule has 48 heavy (non-hydrogen) atoms. The van der Waals surface area contributed by atoms with Crippen molar-refractivity contribution >= 4 is 57.7 Å². The Bertz CT molecular complexity index is 1820. The molecule has 250 valence electrons. The summed E-state index contributed by atoms with van der Waals surface area (Å²) in [5, 5.41) is 5.32. The van der Waals surface area contributed by atoms with Crippen molar-refractivity contribution in [3.8, 4) is 0 Å². The largest absolute Gasteiger partial charge is 0.462 e. The number of hydrogen-bond acceptors (Lipinski definition) is 8. The predicted octanol–water partition coefficient (Wildman–Crippen LogP) is 8.08. The van der Waals surface area contributed by atoms with Gasteiger partial charge in [0.25, 0.3) is 5.91 Å². The van der Waals surface area contributed by atoms with Gasteiger partial charge in [0, 0.05) is 22.0 Å². The number of nitrogens with zero attached hydrogens (tertiary/aromatic N) is 1. The van der Waals surface area contributed by atoms with E-state index in [0.717, 1.165) is 16.0 Å². The van der Waals surface area contributed by atoms with Crippen molar-refractivity contribution in [1.82, 2.24) is 4.90 Å². The molecule has 0 fully saturated rings. The number of amides is 3. The van der Waals surface area contributed by atoms with Gasteiger partial charge in [0.05, 0.1) is 24.3 Å². The summed E-state index contributed by atoms with van der Waals surface area (Å²) >= 11 is 2.50. The lowest BCUT2D eigenvalue weighted by Crippen LogP contribution is -2.39. The standard InChI is InChI=1S/C36H36FN3O6S2/c1-5-45-34(43)29-26-18-19-40(35(44)46-36(2,3)4)21-28(26)48-33(29)39-32(42)30(22-12-7-6-8-13-22)47-24-15-11-14-23(20-24)38-31(41)25-16-9-10-17-27(25)37/h6-17,20,30H,5,18-19,21H2,1-4H3,(H,38,41)(H,39,42). The number of fused-ring (bicyclic) bond motifs is 1. The van der Waals surface area contributed by atoms with E-state index in [1.54, 1.807) is 56.9 Å². The molecule has 0 aliphatic carbocycles. The molecule has 0 saturated heterocycles. The quantitative estimate of drug-likeness (QED) is 0.135. The molecule has 0 saturated carbocycles. The van der Waals surface area contributed by atoms with Crippen molar-refractivity contribution in [1.29, 1.82) is 0 Å². The topological polar surface area (TPSA) is 114 Å². The summed E-state index contributed by atoms with van der Waals surface area (Å²) in [7, 11) is 0. The molecule has 0 radical (unpaired) electrons. The Hall–Kier alpha value is -4.68. The molecule has 1 atom stereocenters. The highest BCUT2D eigenvalue weighted by Gasteiger charge is 2.34. The summed E-state index contributed by atoms with van der Waals surface area (Å²) in [5.74, 6) is -2.14. The van der Waals surface area contributed by atoms with Gasteiger partial charge in [-0.15, -0.1) is 23.1 Å². The molecular formula is C36H36FN3O6S2. The molecule has 1 unspecified atom stereocenters. The first-order valence-corrected chi connectivity index (χ1v) is 17.1. The third-order valence-electron chi connectivity index (χ3n) is 7.23. The highest BCUT2D eigenvalue weighted by Crippen LogP contribution is 2.41. The van der Waals surface area contributed by atoms with E-state index in [1.165, 1.54) is 41.3 Å². The van der Waals surface area contributed by atoms with Crippen LogP contribution >= 0.6 is 23.1 Å². The van der Waals surface area contributed by atoms with E-state index in [-0.39, 0.29) is 24.6 Å². The molecular weight excluding hydrogens is 654 g/mol. The van der Waals surface area contributed by atoms with Crippen molar-refractivity contribution in [2.24, 2.45) is 0 Å². The highest BCUT2D eigenvalue weighted by atomic mass is 32.2. The molecule has 0 bridgehead atoms. The van der Waals surface area contributed by atoms with Crippen LogP contribution in [0, 0.1) is 5.82 Å². The lowest BCUT2D eigenvalue weighted by molar-refractivity contribution is -0.115. The van der Waals surface area contributed by atoms with E-state index in [0.29, 0.717) is 34.1 Å². The number of anilines is 2. The smallest absolute Gasteiger partial charge is 0.410 e. The van der Waals surface area contributed by atoms with Gasteiger partial charge in [-0.2, -0.15) is 0 Å². The van der Waals surface area contributed by atoms with Crippen molar-refractivity contribution < 1.29 is 33.0 Å². The van der Waals surface area contributed by atoms with Gasteiger partial charge in [0.2, 0.25) is 5.91 Å². The molecule has 3 amide bonds. The van der Waals surface area contributed by atoms with Gasteiger partial charge in [-0.05, 0) is 75.6 Å². The van der Waals surface area contributed by atoms with Crippen LogP contribution in [0.5, 0.6) is 0 Å². The zero-order chi connectivity index (χ0) is 34.4. The number of rotatable bonds is 9. The Balaban J connectivity index is 1.41. The molecule has 4 aromatic rings. The summed E-state index contributed by atoms with van der Waals surface area (Å²) in [6, 6.07) is 21.9. The Morgan fingerprint density at radius 2 is 1.71 bits per heavy atom. The molecule has 12 heteroatoms. The minimum atomic E-state index is -0.754. The van der Waals surface area contributed by atoms with Gasteiger partial charge >= 0.3 is 12.1 Å². The molecule has 2 heterocycles. The van der Waals surface area contributed by atoms with Gasteiger partial charge in [0.15, 0.2) is 0 Å². The van der Waals surface area contributed by atoms with Crippen molar-refractivity contribution in [3.05, 3.63) is 112 Å². The molecule has 3 aromatic carbocycles. The summed E-state index contributed by atoms with van der Waals surface area (Å²) in [6.45, 7) is 7.87. The molecule has 5 rings (SSSR count). The number of carbonyl (C=O) groups excluding carboxylic acids is 4. The Morgan fingerprint density at radius 1 is 0.979 bits per heavy atom. The third kappa shape index (κ3) is 8.42. The summed E-state index contributed by atoms with van der Waals surface area (Å²) in [5.41, 5.74) is 1.46. The van der Waals surface area contributed by atoms with Crippen LogP contribution in [0.4, 0.5) is 19.9 Å². The van der Waals surface area contributed by atoms with Gasteiger partial charge < -0.3 is 25.0 Å². The number of hydrogen-bond donors (Lipinski definition) is 2. The van der Waals surface area contributed by atoms with Crippen LogP contribution in [-0.4, -0.2) is 47.5 Å². The zero-order valence-electron chi connectivity index (χ0n) is 27.0. The van der Waals surface area contributed by atoms with Gasteiger partial charge in [-0.1, -0.05) is 48.5 Å². The average molecular weight is 690 g/mol. The molecule has 1 aromatic heterocycles. The predicted molar refractivity (Wildman–Crippen MR) is 185 cm³/mol. The maximum absolute atomic E-state index is 14.2. The fourth-order valence-corrected chi connectivity index (χ4v) is 7.44. The van der Waals surface area contributed by atoms with E-state index in [4.69, 9.17) is 9.47 Å². The average Bonchev–Trinajstić information content (AvgIpc) is 3.40. The maximum atomic E-state index is 14.2. The fraction of sp³-hybridized carbons (Fsp3) is 0.278. The van der Waals surface area contributed by atoms with Crippen LogP contribution in [-0.2, 0) is 27.2 Å². The first kappa shape index (κ1) is 34.6. The van der Waals surface area contributed by atoms with Crippen LogP contribution in [0.3, 0.4) is 0 Å². The van der Waals surface area contributed by atoms with Gasteiger partial charge in [-0.3, -0.25) is 9.59 Å². The lowest BCUT2D eigenvalue weighted by atomic mass is 10.0. The van der Waals surface area contributed by atoms with Crippen molar-refractivity contribution in [2.45, 2.75) is 56.4 Å². The van der Waals surface area contributed by atoms with Crippen LogP contribution in [0.2, 0.25) is 0 Å². The second-order valence-corrected chi connectivity index (χ2v) is 14.2. The minimum absolute atomic E-state index is 0.0811. The molecule has 9 nitrogen and oxygen atoms in total. The summed E-state index contributed by atoms with van der Waals surface area (Å²) in [4.78, 5) is 55.9. The monoisotopic (exact) mass is 689 g/mol.